The fourth-order valence-corrected chi connectivity index (χ4v) is 2.44. The van der Waals surface area contributed by atoms with E-state index in [1.54, 1.807) is 32.0 Å². The van der Waals surface area contributed by atoms with Crippen molar-refractivity contribution in [2.45, 2.75) is 32.2 Å². The molecule has 0 aromatic heterocycles. The largest absolute Gasteiger partial charge is 0.366 e. The van der Waals surface area contributed by atoms with E-state index in [4.69, 9.17) is 5.73 Å². The molecule has 1 fully saturated rings. The third-order valence-electron chi connectivity index (χ3n) is 3.70. The van der Waals surface area contributed by atoms with Gasteiger partial charge in [-0.3, -0.25) is 19.3 Å². The van der Waals surface area contributed by atoms with Gasteiger partial charge in [0.25, 0.3) is 11.8 Å². The number of hydrogen-bond donors (Lipinski definition) is 3. The smallest absolute Gasteiger partial charge is 0.325 e. The average molecular weight is 332 g/mol. The highest BCUT2D eigenvalue weighted by atomic mass is 16.2. The van der Waals surface area contributed by atoms with Gasteiger partial charge in [0.1, 0.15) is 5.54 Å². The van der Waals surface area contributed by atoms with Gasteiger partial charge >= 0.3 is 6.03 Å². The molecule has 1 aromatic rings. The molecule has 0 unspecified atom stereocenters. The first kappa shape index (κ1) is 17.5. The van der Waals surface area contributed by atoms with E-state index in [0.717, 1.165) is 4.90 Å². The standard InChI is InChI=1S/C16H20N4O4/c1-16(2)14(23)20(15(24)19-16)9-5-8-12(21)18-11-7-4-3-6-10(11)13(17)22/h3-4,6-7H,5,8-9H2,1-2H3,(H2,17,22)(H,18,21)(H,19,24). The summed E-state index contributed by atoms with van der Waals surface area (Å²) in [6.07, 6.45) is 0.421. The predicted molar refractivity (Wildman–Crippen MR) is 87.1 cm³/mol. The Morgan fingerprint density at radius 1 is 1.25 bits per heavy atom. The summed E-state index contributed by atoms with van der Waals surface area (Å²) >= 11 is 0. The lowest BCUT2D eigenvalue weighted by molar-refractivity contribution is -0.130. The quantitative estimate of drug-likeness (QED) is 0.668. The maximum atomic E-state index is 12.0. The molecule has 0 radical (unpaired) electrons. The maximum Gasteiger partial charge on any atom is 0.325 e. The molecule has 2 rings (SSSR count). The number of benzene rings is 1. The van der Waals surface area contributed by atoms with Crippen LogP contribution in [0.15, 0.2) is 24.3 Å². The van der Waals surface area contributed by atoms with Gasteiger partial charge < -0.3 is 16.4 Å². The van der Waals surface area contributed by atoms with Crippen molar-refractivity contribution >= 4 is 29.4 Å². The Kier molecular flexibility index (Phi) is 4.87. The lowest BCUT2D eigenvalue weighted by atomic mass is 10.1. The number of carbonyl (C=O) groups is 4. The Hall–Kier alpha value is -2.90. The molecule has 0 saturated carbocycles. The number of para-hydroxylation sites is 1. The van der Waals surface area contributed by atoms with Gasteiger partial charge in [-0.15, -0.1) is 0 Å². The van der Waals surface area contributed by atoms with E-state index in [-0.39, 0.29) is 30.3 Å². The molecule has 8 heteroatoms. The summed E-state index contributed by atoms with van der Waals surface area (Å²) in [5.41, 5.74) is 4.90. The molecular weight excluding hydrogens is 312 g/mol. The van der Waals surface area contributed by atoms with Crippen molar-refractivity contribution in [1.82, 2.24) is 10.2 Å². The molecule has 1 aromatic carbocycles. The van der Waals surface area contributed by atoms with Gasteiger partial charge in [0, 0.05) is 13.0 Å². The molecule has 24 heavy (non-hydrogen) atoms. The lowest BCUT2D eigenvalue weighted by Gasteiger charge is -2.15. The van der Waals surface area contributed by atoms with Gasteiger partial charge in [-0.1, -0.05) is 12.1 Å². The zero-order chi connectivity index (χ0) is 17.9. The summed E-state index contributed by atoms with van der Waals surface area (Å²) in [6, 6.07) is 5.97. The summed E-state index contributed by atoms with van der Waals surface area (Å²) in [7, 11) is 0. The average Bonchev–Trinajstić information content (AvgIpc) is 2.69. The van der Waals surface area contributed by atoms with Crippen molar-refractivity contribution in [2.24, 2.45) is 5.73 Å². The number of carbonyl (C=O) groups excluding carboxylic acids is 4. The first-order chi connectivity index (χ1) is 11.2. The Balaban J connectivity index is 1.88. The van der Waals surface area contributed by atoms with Gasteiger partial charge in [0.05, 0.1) is 11.3 Å². The Morgan fingerprint density at radius 3 is 2.50 bits per heavy atom. The van der Waals surface area contributed by atoms with E-state index < -0.39 is 17.5 Å². The van der Waals surface area contributed by atoms with Gasteiger partial charge in [0.15, 0.2) is 0 Å². The highest BCUT2D eigenvalue weighted by Gasteiger charge is 2.43. The van der Waals surface area contributed by atoms with Gasteiger partial charge in [0.2, 0.25) is 5.91 Å². The van der Waals surface area contributed by atoms with Crippen LogP contribution >= 0.6 is 0 Å². The van der Waals surface area contributed by atoms with Crippen LogP contribution in [0.3, 0.4) is 0 Å². The molecule has 0 aliphatic carbocycles. The maximum absolute atomic E-state index is 12.0. The number of primary amides is 1. The van der Waals surface area contributed by atoms with Crippen molar-refractivity contribution in [1.29, 1.82) is 0 Å². The summed E-state index contributed by atoms with van der Waals surface area (Å²) in [5, 5.41) is 5.19. The van der Waals surface area contributed by atoms with Crippen molar-refractivity contribution < 1.29 is 19.2 Å². The summed E-state index contributed by atoms with van der Waals surface area (Å²) < 4.78 is 0. The van der Waals surface area contributed by atoms with E-state index in [1.165, 1.54) is 6.07 Å². The number of nitrogens with zero attached hydrogens (tertiary/aromatic N) is 1. The summed E-state index contributed by atoms with van der Waals surface area (Å²) in [4.78, 5) is 48.1. The normalized spacial score (nSPS) is 16.0. The summed E-state index contributed by atoms with van der Waals surface area (Å²) in [6.45, 7) is 3.40. The van der Waals surface area contributed by atoms with Crippen LogP contribution in [0.25, 0.3) is 0 Å². The third kappa shape index (κ3) is 3.70. The molecule has 4 N–H and O–H groups in total. The van der Waals surface area contributed by atoms with Crippen LogP contribution in [0.4, 0.5) is 10.5 Å². The van der Waals surface area contributed by atoms with Gasteiger partial charge in [-0.25, -0.2) is 4.79 Å². The van der Waals surface area contributed by atoms with Gasteiger partial charge in [-0.2, -0.15) is 0 Å². The topological polar surface area (TPSA) is 122 Å². The molecule has 5 amide bonds. The minimum absolute atomic E-state index is 0.102. The van der Waals surface area contributed by atoms with E-state index in [0.29, 0.717) is 12.1 Å². The predicted octanol–water partition coefficient (Wildman–Crippen LogP) is 0.835. The molecule has 1 heterocycles. The number of imide groups is 1. The second kappa shape index (κ2) is 6.69. The van der Waals surface area contributed by atoms with Crippen molar-refractivity contribution in [2.75, 3.05) is 11.9 Å². The van der Waals surface area contributed by atoms with Crippen molar-refractivity contribution in [3.63, 3.8) is 0 Å². The first-order valence-electron chi connectivity index (χ1n) is 7.55. The van der Waals surface area contributed by atoms with Crippen LogP contribution in [0.2, 0.25) is 0 Å². The van der Waals surface area contributed by atoms with Crippen LogP contribution < -0.4 is 16.4 Å². The second-order valence-electron chi connectivity index (χ2n) is 6.07. The molecule has 128 valence electrons. The molecule has 0 bridgehead atoms. The fraction of sp³-hybridized carbons (Fsp3) is 0.375. The number of nitrogens with one attached hydrogen (secondary N) is 2. The molecule has 1 saturated heterocycles. The molecule has 0 spiro atoms. The molecule has 1 aliphatic rings. The number of nitrogens with two attached hydrogens (primary N) is 1. The number of urea groups is 1. The van der Waals surface area contributed by atoms with E-state index >= 15 is 0 Å². The van der Waals surface area contributed by atoms with Gasteiger partial charge in [-0.05, 0) is 32.4 Å². The first-order valence-corrected chi connectivity index (χ1v) is 7.55. The third-order valence-corrected chi connectivity index (χ3v) is 3.70. The van der Waals surface area contributed by atoms with E-state index in [2.05, 4.69) is 10.6 Å². The van der Waals surface area contributed by atoms with Crippen LogP contribution in [0.1, 0.15) is 37.0 Å². The fourth-order valence-electron chi connectivity index (χ4n) is 2.44. The van der Waals surface area contributed by atoms with Crippen molar-refractivity contribution in [3.8, 4) is 0 Å². The van der Waals surface area contributed by atoms with Crippen LogP contribution in [-0.4, -0.2) is 40.7 Å². The second-order valence-corrected chi connectivity index (χ2v) is 6.07. The zero-order valence-electron chi connectivity index (χ0n) is 13.6. The summed E-state index contributed by atoms with van der Waals surface area (Å²) in [5.74, 6) is -1.27. The van der Waals surface area contributed by atoms with Crippen LogP contribution in [0.5, 0.6) is 0 Å². The number of amides is 5. The molecule has 8 nitrogen and oxygen atoms in total. The van der Waals surface area contributed by atoms with Crippen LogP contribution in [-0.2, 0) is 9.59 Å². The minimum Gasteiger partial charge on any atom is -0.366 e. The Morgan fingerprint density at radius 2 is 1.92 bits per heavy atom. The zero-order valence-corrected chi connectivity index (χ0v) is 13.6. The number of anilines is 1. The SMILES string of the molecule is CC1(C)NC(=O)N(CCCC(=O)Nc2ccccc2C(N)=O)C1=O. The highest BCUT2D eigenvalue weighted by molar-refractivity contribution is 6.06. The highest BCUT2D eigenvalue weighted by Crippen LogP contribution is 2.18. The Bertz CT molecular complexity index is 699. The number of rotatable bonds is 6. The van der Waals surface area contributed by atoms with Crippen LogP contribution in [0, 0.1) is 0 Å². The minimum atomic E-state index is -0.917. The van der Waals surface area contributed by atoms with Crippen molar-refractivity contribution in [3.05, 3.63) is 29.8 Å². The van der Waals surface area contributed by atoms with E-state index in [1.807, 2.05) is 0 Å². The number of hydrogen-bond acceptors (Lipinski definition) is 4. The molecule has 1 aliphatic heterocycles. The molecule has 0 atom stereocenters. The monoisotopic (exact) mass is 332 g/mol. The molecular formula is C16H20N4O4. The Labute approximate surface area is 139 Å². The lowest BCUT2D eigenvalue weighted by Crippen LogP contribution is -2.40. The van der Waals surface area contributed by atoms with E-state index in [9.17, 15) is 19.2 Å².